The monoisotopic (exact) mass is 317 g/mol. The first-order chi connectivity index (χ1) is 10.1. The van der Waals surface area contributed by atoms with Crippen LogP contribution in [0, 0.1) is 0 Å². The molecule has 2 unspecified atom stereocenters. The Balaban J connectivity index is 4.41. The van der Waals surface area contributed by atoms with Crippen LogP contribution in [0.1, 0.15) is 19.3 Å². The maximum Gasteiger partial charge on any atom is 0.326 e. The van der Waals surface area contributed by atoms with Crippen molar-refractivity contribution in [3.8, 4) is 0 Å². The Bertz CT molecular complexity index is 464. The molecule has 0 radical (unpaired) electrons. The van der Waals surface area contributed by atoms with Gasteiger partial charge in [0, 0.05) is 6.42 Å². The van der Waals surface area contributed by atoms with E-state index in [1.807, 2.05) is 0 Å². The average Bonchev–Trinajstić information content (AvgIpc) is 2.42. The van der Waals surface area contributed by atoms with Crippen molar-refractivity contribution in [3.63, 3.8) is 0 Å². The molecule has 0 aliphatic rings. The van der Waals surface area contributed by atoms with Crippen LogP contribution in [0.4, 0.5) is 0 Å². The summed E-state index contributed by atoms with van der Waals surface area (Å²) in [6.07, 6.45) is 1.81. The van der Waals surface area contributed by atoms with Crippen LogP contribution >= 0.6 is 0 Å². The van der Waals surface area contributed by atoms with E-state index in [-0.39, 0.29) is 19.3 Å². The first-order valence-corrected chi connectivity index (χ1v) is 6.30. The first kappa shape index (κ1) is 19.5. The fraction of sp³-hybridized carbons (Fsp3) is 0.500. The average molecular weight is 317 g/mol. The number of carbonyl (C=O) groups is 4. The number of amides is 1. The quantitative estimate of drug-likeness (QED) is 0.250. The Morgan fingerprint density at radius 3 is 2.05 bits per heavy atom. The summed E-state index contributed by atoms with van der Waals surface area (Å²) < 4.78 is 0. The van der Waals surface area contributed by atoms with E-state index in [0.717, 1.165) is 6.08 Å². The van der Waals surface area contributed by atoms with Gasteiger partial charge in [-0.25, -0.2) is 4.79 Å². The molecule has 0 rings (SSSR count). The number of rotatable bonds is 10. The molecule has 0 heterocycles. The normalized spacial score (nSPS) is 15.0. The van der Waals surface area contributed by atoms with Gasteiger partial charge < -0.3 is 32.1 Å². The minimum Gasteiger partial charge on any atom is -0.480 e. The first-order valence-electron chi connectivity index (χ1n) is 6.30. The highest BCUT2D eigenvalue weighted by Gasteiger charge is 2.20. The zero-order valence-electron chi connectivity index (χ0n) is 11.6. The zero-order chi connectivity index (χ0) is 17.3. The number of aliphatic carboxylic acids is 3. The second-order valence-electron chi connectivity index (χ2n) is 4.47. The van der Waals surface area contributed by atoms with Gasteiger partial charge in [-0.1, -0.05) is 12.2 Å². The fourth-order valence-electron chi connectivity index (χ4n) is 1.34. The smallest absolute Gasteiger partial charge is 0.326 e. The number of carbonyl (C=O) groups excluding carboxylic acids is 1. The summed E-state index contributed by atoms with van der Waals surface area (Å²) >= 11 is 0. The third-order valence-electron chi connectivity index (χ3n) is 2.63. The fourth-order valence-corrected chi connectivity index (χ4v) is 1.34. The summed E-state index contributed by atoms with van der Waals surface area (Å²) in [5.74, 6) is -4.51. The summed E-state index contributed by atoms with van der Waals surface area (Å²) in [6, 6.07) is -3.74. The van der Waals surface area contributed by atoms with Crippen molar-refractivity contribution in [3.05, 3.63) is 12.2 Å². The summed E-state index contributed by atoms with van der Waals surface area (Å²) in [6.45, 7) is 0. The van der Waals surface area contributed by atoms with Gasteiger partial charge in [-0.05, 0) is 12.8 Å². The van der Waals surface area contributed by atoms with E-state index in [1.54, 1.807) is 0 Å². The number of hydrogen-bond donors (Lipinski definition) is 6. The predicted molar refractivity (Wildman–Crippen MR) is 73.8 cm³/mol. The molecule has 0 spiro atoms. The van der Waals surface area contributed by atoms with Crippen molar-refractivity contribution < 1.29 is 34.5 Å². The molecule has 124 valence electrons. The van der Waals surface area contributed by atoms with Crippen molar-refractivity contribution in [2.75, 3.05) is 0 Å². The minimum absolute atomic E-state index is 0.132. The van der Waals surface area contributed by atoms with Crippen molar-refractivity contribution in [2.24, 2.45) is 11.5 Å². The van der Waals surface area contributed by atoms with Gasteiger partial charge in [0.05, 0.1) is 0 Å². The maximum absolute atomic E-state index is 11.5. The van der Waals surface area contributed by atoms with Gasteiger partial charge in [-0.3, -0.25) is 14.4 Å². The highest BCUT2D eigenvalue weighted by Crippen LogP contribution is 2.00. The molecule has 0 fully saturated rings. The number of carboxylic acids is 3. The Labute approximate surface area is 125 Å². The van der Waals surface area contributed by atoms with Crippen molar-refractivity contribution in [1.29, 1.82) is 0 Å². The Morgan fingerprint density at radius 2 is 1.59 bits per heavy atom. The topological polar surface area (TPSA) is 193 Å². The van der Waals surface area contributed by atoms with E-state index in [1.165, 1.54) is 6.08 Å². The lowest BCUT2D eigenvalue weighted by molar-refractivity contribution is -0.142. The lowest BCUT2D eigenvalue weighted by atomic mass is 10.1. The van der Waals surface area contributed by atoms with Crippen LogP contribution in [0.5, 0.6) is 0 Å². The molecule has 0 aliphatic carbocycles. The van der Waals surface area contributed by atoms with Gasteiger partial charge in [-0.2, -0.15) is 0 Å². The van der Waals surface area contributed by atoms with Gasteiger partial charge in [0.15, 0.2) is 0 Å². The molecule has 0 aromatic rings. The second kappa shape index (κ2) is 9.47. The number of hydrogen-bond acceptors (Lipinski definition) is 6. The molecule has 10 nitrogen and oxygen atoms in total. The molecule has 0 aromatic heterocycles. The van der Waals surface area contributed by atoms with Gasteiger partial charge in [0.1, 0.15) is 18.1 Å². The standard InChI is InChI=1S/C12H19N3O7/c13-6(10(17)18)2-1-3-8(12(21)22)15-9(16)5-4-7(14)11(19)20/h1-2,6-8H,3-5,13-14H2,(H,15,16)(H,17,18)(H,19,20)(H,21,22)/t6?,7-,8?/m1/s1. The molecule has 3 atom stereocenters. The Kier molecular flexibility index (Phi) is 8.41. The largest absolute Gasteiger partial charge is 0.480 e. The van der Waals surface area contributed by atoms with Crippen LogP contribution < -0.4 is 16.8 Å². The molecule has 0 saturated carbocycles. The third-order valence-corrected chi connectivity index (χ3v) is 2.63. The second-order valence-corrected chi connectivity index (χ2v) is 4.47. The zero-order valence-corrected chi connectivity index (χ0v) is 11.6. The molecule has 0 aliphatic heterocycles. The summed E-state index contributed by atoms with van der Waals surface area (Å²) in [5, 5.41) is 28.2. The summed E-state index contributed by atoms with van der Waals surface area (Å²) in [7, 11) is 0. The van der Waals surface area contributed by atoms with Gasteiger partial charge in [0.2, 0.25) is 5.91 Å². The van der Waals surface area contributed by atoms with Crippen molar-refractivity contribution in [1.82, 2.24) is 5.32 Å². The van der Waals surface area contributed by atoms with Crippen molar-refractivity contribution >= 4 is 23.8 Å². The van der Waals surface area contributed by atoms with Gasteiger partial charge in [-0.15, -0.1) is 0 Å². The molecule has 0 bridgehead atoms. The summed E-state index contributed by atoms with van der Waals surface area (Å²) in [5.41, 5.74) is 10.4. The van der Waals surface area contributed by atoms with E-state index >= 15 is 0 Å². The Morgan fingerprint density at radius 1 is 1.00 bits per heavy atom. The number of nitrogens with one attached hydrogen (secondary N) is 1. The molecule has 10 heteroatoms. The molecule has 0 saturated heterocycles. The predicted octanol–water partition coefficient (Wildman–Crippen LogP) is -1.89. The number of nitrogens with two attached hydrogens (primary N) is 2. The molecular weight excluding hydrogens is 298 g/mol. The van der Waals surface area contributed by atoms with Crippen LogP contribution in [0.2, 0.25) is 0 Å². The third kappa shape index (κ3) is 7.97. The van der Waals surface area contributed by atoms with E-state index in [0.29, 0.717) is 0 Å². The molecular formula is C12H19N3O7. The van der Waals surface area contributed by atoms with E-state index in [9.17, 15) is 19.2 Å². The lowest BCUT2D eigenvalue weighted by Gasteiger charge is -2.13. The molecule has 22 heavy (non-hydrogen) atoms. The summed E-state index contributed by atoms with van der Waals surface area (Å²) in [4.78, 5) is 43.5. The van der Waals surface area contributed by atoms with E-state index in [4.69, 9.17) is 26.8 Å². The van der Waals surface area contributed by atoms with Gasteiger partial charge in [0.25, 0.3) is 0 Å². The maximum atomic E-state index is 11.5. The Hall–Kier alpha value is -2.46. The highest BCUT2D eigenvalue weighted by molar-refractivity contribution is 5.84. The molecule has 1 amide bonds. The van der Waals surface area contributed by atoms with Crippen LogP contribution in [0.25, 0.3) is 0 Å². The minimum atomic E-state index is -1.32. The van der Waals surface area contributed by atoms with E-state index in [2.05, 4.69) is 5.32 Å². The van der Waals surface area contributed by atoms with Crippen LogP contribution in [-0.4, -0.2) is 57.3 Å². The molecule has 8 N–H and O–H groups in total. The SMILES string of the molecule is NC(C=CCC(NC(=O)CC[C@@H](N)C(=O)O)C(=O)O)C(=O)O. The lowest BCUT2D eigenvalue weighted by Crippen LogP contribution is -2.41. The highest BCUT2D eigenvalue weighted by atomic mass is 16.4. The van der Waals surface area contributed by atoms with Gasteiger partial charge >= 0.3 is 17.9 Å². The van der Waals surface area contributed by atoms with Crippen LogP contribution in [-0.2, 0) is 19.2 Å². The number of carboxylic acid groups (broad SMARTS) is 3. The van der Waals surface area contributed by atoms with Crippen molar-refractivity contribution in [2.45, 2.75) is 37.4 Å². The molecule has 0 aromatic carbocycles. The van der Waals surface area contributed by atoms with Crippen LogP contribution in [0.3, 0.4) is 0 Å². The van der Waals surface area contributed by atoms with Crippen LogP contribution in [0.15, 0.2) is 12.2 Å². The van der Waals surface area contributed by atoms with E-state index < -0.39 is 41.9 Å².